The first-order chi connectivity index (χ1) is 12.0. The number of piperidine rings is 1. The van der Waals surface area contributed by atoms with Gasteiger partial charge < -0.3 is 15.0 Å². The molecule has 7 nitrogen and oxygen atoms in total. The van der Waals surface area contributed by atoms with Crippen molar-refractivity contribution in [3.63, 3.8) is 0 Å². The molecule has 2 heterocycles. The van der Waals surface area contributed by atoms with Gasteiger partial charge in [-0.15, -0.1) is 0 Å². The SMILES string of the molecule is Cc1ccc([N+](=O)[O-])c(C)c1NC(=O)N1CCC(C2CCCO2)CC1. The quantitative estimate of drug-likeness (QED) is 0.668. The lowest BCUT2D eigenvalue weighted by Crippen LogP contribution is -2.43. The van der Waals surface area contributed by atoms with E-state index in [-0.39, 0.29) is 11.7 Å². The number of carbonyl (C=O) groups excluding carboxylic acids is 1. The fourth-order valence-electron chi connectivity index (χ4n) is 3.86. The molecule has 2 amide bonds. The molecule has 7 heteroatoms. The first kappa shape index (κ1) is 17.7. The van der Waals surface area contributed by atoms with Crippen LogP contribution in [0, 0.1) is 29.9 Å². The van der Waals surface area contributed by atoms with Crippen molar-refractivity contribution < 1.29 is 14.5 Å². The molecule has 3 rings (SSSR count). The van der Waals surface area contributed by atoms with E-state index in [1.807, 2.05) is 6.92 Å². The molecule has 1 N–H and O–H groups in total. The monoisotopic (exact) mass is 347 g/mol. The zero-order chi connectivity index (χ0) is 18.0. The van der Waals surface area contributed by atoms with Gasteiger partial charge in [-0.3, -0.25) is 10.1 Å². The standard InChI is InChI=1S/C18H25N3O4/c1-12-5-6-15(21(23)24)13(2)17(12)19-18(22)20-9-7-14(8-10-20)16-4-3-11-25-16/h5-6,14,16H,3-4,7-11H2,1-2H3,(H,19,22). The van der Waals surface area contributed by atoms with Crippen molar-refractivity contribution >= 4 is 17.4 Å². The molecule has 25 heavy (non-hydrogen) atoms. The van der Waals surface area contributed by atoms with Crippen LogP contribution in [0.1, 0.15) is 36.8 Å². The van der Waals surface area contributed by atoms with Crippen LogP contribution in [0.4, 0.5) is 16.2 Å². The Bertz CT molecular complexity index is 663. The van der Waals surface area contributed by atoms with Crippen LogP contribution in [0.5, 0.6) is 0 Å². The number of aryl methyl sites for hydroxylation is 1. The number of nitro benzene ring substituents is 1. The summed E-state index contributed by atoms with van der Waals surface area (Å²) in [5.74, 6) is 0.535. The summed E-state index contributed by atoms with van der Waals surface area (Å²) in [5.41, 5.74) is 1.89. The molecule has 1 aromatic carbocycles. The Labute approximate surface area is 147 Å². The zero-order valence-corrected chi connectivity index (χ0v) is 14.8. The Kier molecular flexibility index (Phi) is 5.22. The van der Waals surface area contributed by atoms with Crippen LogP contribution in [0.2, 0.25) is 0 Å². The third-order valence-corrected chi connectivity index (χ3v) is 5.39. The highest BCUT2D eigenvalue weighted by molar-refractivity contribution is 5.91. The Balaban J connectivity index is 1.63. The number of likely N-dealkylation sites (tertiary alicyclic amines) is 1. The van der Waals surface area contributed by atoms with E-state index in [0.29, 0.717) is 36.4 Å². The first-order valence-electron chi connectivity index (χ1n) is 8.89. The maximum absolute atomic E-state index is 12.6. The number of nitro groups is 1. The smallest absolute Gasteiger partial charge is 0.321 e. The van der Waals surface area contributed by atoms with Crippen LogP contribution in [0.15, 0.2) is 12.1 Å². The number of ether oxygens (including phenoxy) is 1. The number of nitrogens with zero attached hydrogens (tertiary/aromatic N) is 2. The summed E-state index contributed by atoms with van der Waals surface area (Å²) in [5, 5.41) is 14.0. The van der Waals surface area contributed by atoms with Crippen LogP contribution < -0.4 is 5.32 Å². The van der Waals surface area contributed by atoms with E-state index in [4.69, 9.17) is 4.74 Å². The topological polar surface area (TPSA) is 84.7 Å². The van der Waals surface area contributed by atoms with Gasteiger partial charge in [0.15, 0.2) is 0 Å². The largest absolute Gasteiger partial charge is 0.378 e. The van der Waals surface area contributed by atoms with E-state index in [0.717, 1.165) is 37.9 Å². The normalized spacial score (nSPS) is 21.4. The molecule has 136 valence electrons. The Morgan fingerprint density at radius 3 is 2.60 bits per heavy atom. The second-order valence-electron chi connectivity index (χ2n) is 6.96. The van der Waals surface area contributed by atoms with Crippen molar-refractivity contribution in [1.29, 1.82) is 0 Å². The van der Waals surface area contributed by atoms with Crippen LogP contribution in [-0.2, 0) is 4.74 Å². The number of urea groups is 1. The van der Waals surface area contributed by atoms with E-state index in [1.54, 1.807) is 17.9 Å². The molecule has 0 spiro atoms. The van der Waals surface area contributed by atoms with Gasteiger partial charge in [-0.25, -0.2) is 4.79 Å². The van der Waals surface area contributed by atoms with Gasteiger partial charge in [-0.1, -0.05) is 6.07 Å². The number of benzene rings is 1. The lowest BCUT2D eigenvalue weighted by Gasteiger charge is -2.34. The highest BCUT2D eigenvalue weighted by atomic mass is 16.6. The van der Waals surface area contributed by atoms with E-state index in [9.17, 15) is 14.9 Å². The molecule has 0 aliphatic carbocycles. The molecule has 2 aliphatic rings. The van der Waals surface area contributed by atoms with Gasteiger partial charge in [-0.05, 0) is 51.0 Å². The van der Waals surface area contributed by atoms with E-state index >= 15 is 0 Å². The van der Waals surface area contributed by atoms with Crippen molar-refractivity contribution in [2.75, 3.05) is 25.0 Å². The van der Waals surface area contributed by atoms with E-state index in [1.165, 1.54) is 6.07 Å². The summed E-state index contributed by atoms with van der Waals surface area (Å²) in [6, 6.07) is 2.97. The van der Waals surface area contributed by atoms with Gasteiger partial charge in [0.1, 0.15) is 0 Å². The maximum atomic E-state index is 12.6. The highest BCUT2D eigenvalue weighted by Crippen LogP contribution is 2.31. The highest BCUT2D eigenvalue weighted by Gasteiger charge is 2.31. The fraction of sp³-hybridized carbons (Fsp3) is 0.611. The van der Waals surface area contributed by atoms with E-state index < -0.39 is 4.92 Å². The van der Waals surface area contributed by atoms with Crippen LogP contribution in [-0.4, -0.2) is 41.7 Å². The third-order valence-electron chi connectivity index (χ3n) is 5.39. The molecule has 0 aromatic heterocycles. The van der Waals surface area contributed by atoms with Crippen LogP contribution >= 0.6 is 0 Å². The van der Waals surface area contributed by atoms with E-state index in [2.05, 4.69) is 5.32 Å². The molecule has 0 bridgehead atoms. The third kappa shape index (κ3) is 3.76. The molecular weight excluding hydrogens is 322 g/mol. The average molecular weight is 347 g/mol. The second kappa shape index (κ2) is 7.39. The summed E-state index contributed by atoms with van der Waals surface area (Å²) in [6.07, 6.45) is 4.52. The summed E-state index contributed by atoms with van der Waals surface area (Å²) in [4.78, 5) is 25.1. The van der Waals surface area contributed by atoms with Crippen molar-refractivity contribution in [1.82, 2.24) is 4.90 Å². The first-order valence-corrected chi connectivity index (χ1v) is 8.89. The second-order valence-corrected chi connectivity index (χ2v) is 6.96. The fourth-order valence-corrected chi connectivity index (χ4v) is 3.86. The molecule has 0 radical (unpaired) electrons. The molecular formula is C18H25N3O4. The number of anilines is 1. The summed E-state index contributed by atoms with van der Waals surface area (Å²) < 4.78 is 5.77. The average Bonchev–Trinajstić information content (AvgIpc) is 3.13. The van der Waals surface area contributed by atoms with Gasteiger partial charge in [0.25, 0.3) is 5.69 Å². The lowest BCUT2D eigenvalue weighted by atomic mass is 9.90. The molecule has 2 saturated heterocycles. The number of hydrogen-bond acceptors (Lipinski definition) is 4. The Morgan fingerprint density at radius 2 is 2.00 bits per heavy atom. The molecule has 1 unspecified atom stereocenters. The van der Waals surface area contributed by atoms with Crippen LogP contribution in [0.25, 0.3) is 0 Å². The van der Waals surface area contributed by atoms with Crippen molar-refractivity contribution in [2.24, 2.45) is 5.92 Å². The summed E-state index contributed by atoms with van der Waals surface area (Å²) in [6.45, 7) is 5.77. The van der Waals surface area contributed by atoms with Gasteiger partial charge in [0.05, 0.1) is 22.3 Å². The molecule has 2 aliphatic heterocycles. The Hall–Kier alpha value is -2.15. The molecule has 0 saturated carbocycles. The van der Waals surface area contributed by atoms with Gasteiger partial charge >= 0.3 is 6.03 Å². The molecule has 1 aromatic rings. The van der Waals surface area contributed by atoms with Crippen LogP contribution in [0.3, 0.4) is 0 Å². The predicted molar refractivity (Wildman–Crippen MR) is 94.9 cm³/mol. The van der Waals surface area contributed by atoms with Gasteiger partial charge in [0.2, 0.25) is 0 Å². The summed E-state index contributed by atoms with van der Waals surface area (Å²) >= 11 is 0. The van der Waals surface area contributed by atoms with Crippen molar-refractivity contribution in [3.8, 4) is 0 Å². The zero-order valence-electron chi connectivity index (χ0n) is 14.8. The summed E-state index contributed by atoms with van der Waals surface area (Å²) in [7, 11) is 0. The number of nitrogens with one attached hydrogen (secondary N) is 1. The molecule has 1 atom stereocenters. The number of carbonyl (C=O) groups is 1. The van der Waals surface area contributed by atoms with Gasteiger partial charge in [0, 0.05) is 25.8 Å². The minimum atomic E-state index is -0.419. The Morgan fingerprint density at radius 1 is 1.28 bits per heavy atom. The number of amides is 2. The molecule has 2 fully saturated rings. The predicted octanol–water partition coefficient (Wildman–Crippen LogP) is 3.63. The maximum Gasteiger partial charge on any atom is 0.321 e. The number of hydrogen-bond donors (Lipinski definition) is 1. The lowest BCUT2D eigenvalue weighted by molar-refractivity contribution is -0.385. The number of rotatable bonds is 3. The van der Waals surface area contributed by atoms with Crippen molar-refractivity contribution in [2.45, 2.75) is 45.6 Å². The van der Waals surface area contributed by atoms with Gasteiger partial charge in [-0.2, -0.15) is 0 Å². The minimum Gasteiger partial charge on any atom is -0.378 e. The van der Waals surface area contributed by atoms with Crippen molar-refractivity contribution in [3.05, 3.63) is 33.4 Å². The minimum absolute atomic E-state index is 0.0259.